The highest BCUT2D eigenvalue weighted by Gasteiger charge is 2.27. The number of hydrogen-bond donors (Lipinski definition) is 2. The molecule has 0 saturated carbocycles. The fourth-order valence-corrected chi connectivity index (χ4v) is 2.72. The molecule has 138 valence electrons. The van der Waals surface area contributed by atoms with E-state index in [4.69, 9.17) is 13.9 Å². The minimum Gasteiger partial charge on any atom is -0.459 e. The van der Waals surface area contributed by atoms with Crippen molar-refractivity contribution in [1.82, 2.24) is 10.6 Å². The minimum atomic E-state index is -0.677. The lowest BCUT2D eigenvalue weighted by Crippen LogP contribution is -2.50. The van der Waals surface area contributed by atoms with E-state index in [1.54, 1.807) is 12.1 Å². The number of rotatable bonds is 6. The SMILES string of the molecule is CC(NC(=O)C(NC(=O)c1ccco1)C(C)C)c1ccc2c(c1)OCO2. The maximum atomic E-state index is 12.7. The first kappa shape index (κ1) is 17.8. The molecule has 0 aliphatic carbocycles. The summed E-state index contributed by atoms with van der Waals surface area (Å²) in [6.45, 7) is 5.82. The summed E-state index contributed by atoms with van der Waals surface area (Å²) >= 11 is 0. The summed E-state index contributed by atoms with van der Waals surface area (Å²) in [6.07, 6.45) is 1.42. The molecule has 0 saturated heterocycles. The molecule has 2 heterocycles. The first-order valence-corrected chi connectivity index (χ1v) is 8.50. The second-order valence-corrected chi connectivity index (χ2v) is 6.52. The van der Waals surface area contributed by atoms with E-state index < -0.39 is 11.9 Å². The lowest BCUT2D eigenvalue weighted by Gasteiger charge is -2.24. The Balaban J connectivity index is 1.66. The molecule has 2 atom stereocenters. The number of carbonyl (C=O) groups excluding carboxylic acids is 2. The van der Waals surface area contributed by atoms with Crippen molar-refractivity contribution in [2.24, 2.45) is 5.92 Å². The largest absolute Gasteiger partial charge is 0.459 e. The average Bonchev–Trinajstić information content (AvgIpc) is 3.29. The van der Waals surface area contributed by atoms with Crippen LogP contribution in [0, 0.1) is 5.92 Å². The molecule has 1 aromatic carbocycles. The van der Waals surface area contributed by atoms with Gasteiger partial charge in [0.15, 0.2) is 17.3 Å². The first-order chi connectivity index (χ1) is 12.5. The minimum absolute atomic E-state index is 0.0853. The average molecular weight is 358 g/mol. The van der Waals surface area contributed by atoms with E-state index in [-0.39, 0.29) is 30.4 Å². The number of amides is 2. The molecule has 1 aliphatic heterocycles. The maximum absolute atomic E-state index is 12.7. The zero-order chi connectivity index (χ0) is 18.7. The van der Waals surface area contributed by atoms with Gasteiger partial charge >= 0.3 is 0 Å². The van der Waals surface area contributed by atoms with E-state index in [9.17, 15) is 9.59 Å². The zero-order valence-electron chi connectivity index (χ0n) is 14.9. The Morgan fingerprint density at radius 2 is 1.81 bits per heavy atom. The van der Waals surface area contributed by atoms with E-state index in [1.807, 2.05) is 39.0 Å². The molecule has 2 unspecified atom stereocenters. The van der Waals surface area contributed by atoms with Crippen molar-refractivity contribution in [2.75, 3.05) is 6.79 Å². The Bertz CT molecular complexity index is 785. The highest BCUT2D eigenvalue weighted by atomic mass is 16.7. The van der Waals surface area contributed by atoms with Crippen LogP contribution >= 0.6 is 0 Å². The van der Waals surface area contributed by atoms with Crippen LogP contribution in [-0.2, 0) is 4.79 Å². The third-order valence-corrected chi connectivity index (χ3v) is 4.24. The maximum Gasteiger partial charge on any atom is 0.287 e. The Kier molecular flexibility index (Phi) is 5.16. The Morgan fingerprint density at radius 3 is 2.50 bits per heavy atom. The molecule has 1 aliphatic rings. The van der Waals surface area contributed by atoms with Gasteiger partial charge in [0.2, 0.25) is 12.7 Å². The summed E-state index contributed by atoms with van der Waals surface area (Å²) in [6, 6.07) is 7.80. The lowest BCUT2D eigenvalue weighted by atomic mass is 10.0. The molecule has 0 bridgehead atoms. The van der Waals surface area contributed by atoms with E-state index in [2.05, 4.69) is 10.6 Å². The van der Waals surface area contributed by atoms with Gasteiger partial charge in [0.25, 0.3) is 5.91 Å². The molecule has 26 heavy (non-hydrogen) atoms. The van der Waals surface area contributed by atoms with Crippen molar-refractivity contribution in [3.8, 4) is 11.5 Å². The normalized spacial score (nSPS) is 14.8. The number of furan rings is 1. The standard InChI is InChI=1S/C19H22N2O5/c1-11(2)17(21-18(22)15-5-4-8-24-15)19(23)20-12(3)13-6-7-14-16(9-13)26-10-25-14/h4-9,11-12,17H,10H2,1-3H3,(H,20,23)(H,21,22). The van der Waals surface area contributed by atoms with Crippen molar-refractivity contribution in [2.45, 2.75) is 32.9 Å². The monoisotopic (exact) mass is 358 g/mol. The van der Waals surface area contributed by atoms with Gasteiger partial charge in [-0.2, -0.15) is 0 Å². The summed E-state index contributed by atoms with van der Waals surface area (Å²) < 4.78 is 15.7. The topological polar surface area (TPSA) is 89.8 Å². The Labute approximate surface area is 151 Å². The summed E-state index contributed by atoms with van der Waals surface area (Å²) in [7, 11) is 0. The van der Waals surface area contributed by atoms with Gasteiger partial charge in [0, 0.05) is 0 Å². The van der Waals surface area contributed by atoms with E-state index in [0.29, 0.717) is 11.5 Å². The van der Waals surface area contributed by atoms with Crippen LogP contribution in [0.1, 0.15) is 42.9 Å². The fraction of sp³-hybridized carbons (Fsp3) is 0.368. The van der Waals surface area contributed by atoms with Gasteiger partial charge in [-0.05, 0) is 42.7 Å². The van der Waals surface area contributed by atoms with Gasteiger partial charge in [-0.25, -0.2) is 0 Å². The molecule has 2 aromatic rings. The number of hydrogen-bond acceptors (Lipinski definition) is 5. The molecule has 3 rings (SSSR count). The summed E-state index contributed by atoms with van der Waals surface area (Å²) in [5, 5.41) is 5.67. The van der Waals surface area contributed by atoms with Crippen LogP contribution in [0.5, 0.6) is 11.5 Å². The van der Waals surface area contributed by atoms with Crippen molar-refractivity contribution < 1.29 is 23.5 Å². The molecule has 2 amide bonds. The van der Waals surface area contributed by atoms with Crippen LogP contribution in [0.25, 0.3) is 0 Å². The van der Waals surface area contributed by atoms with Crippen LogP contribution in [0.4, 0.5) is 0 Å². The van der Waals surface area contributed by atoms with Crippen LogP contribution in [0.15, 0.2) is 41.0 Å². The third kappa shape index (κ3) is 3.82. The second kappa shape index (κ2) is 7.51. The van der Waals surface area contributed by atoms with Gasteiger partial charge in [-0.1, -0.05) is 19.9 Å². The predicted molar refractivity (Wildman–Crippen MR) is 93.9 cm³/mol. The molecule has 7 nitrogen and oxygen atoms in total. The molecular weight excluding hydrogens is 336 g/mol. The Hall–Kier alpha value is -2.96. The highest BCUT2D eigenvalue weighted by molar-refractivity contribution is 5.95. The van der Waals surface area contributed by atoms with Crippen LogP contribution in [-0.4, -0.2) is 24.6 Å². The number of fused-ring (bicyclic) bond motifs is 1. The van der Waals surface area contributed by atoms with Gasteiger partial charge in [-0.15, -0.1) is 0 Å². The summed E-state index contributed by atoms with van der Waals surface area (Å²) in [5.74, 6) is 0.767. The van der Waals surface area contributed by atoms with Gasteiger partial charge in [0.05, 0.1) is 12.3 Å². The highest BCUT2D eigenvalue weighted by Crippen LogP contribution is 2.34. The molecule has 7 heteroatoms. The van der Waals surface area contributed by atoms with Crippen LogP contribution in [0.2, 0.25) is 0 Å². The van der Waals surface area contributed by atoms with E-state index >= 15 is 0 Å². The van der Waals surface area contributed by atoms with Crippen LogP contribution < -0.4 is 20.1 Å². The summed E-state index contributed by atoms with van der Waals surface area (Å²) in [5.41, 5.74) is 0.891. The van der Waals surface area contributed by atoms with Crippen molar-refractivity contribution in [3.05, 3.63) is 47.9 Å². The second-order valence-electron chi connectivity index (χ2n) is 6.52. The third-order valence-electron chi connectivity index (χ3n) is 4.24. The zero-order valence-corrected chi connectivity index (χ0v) is 14.9. The quantitative estimate of drug-likeness (QED) is 0.828. The molecule has 0 spiro atoms. The number of nitrogens with one attached hydrogen (secondary N) is 2. The lowest BCUT2D eigenvalue weighted by molar-refractivity contribution is -0.124. The number of benzene rings is 1. The van der Waals surface area contributed by atoms with Gasteiger partial charge in [-0.3, -0.25) is 9.59 Å². The van der Waals surface area contributed by atoms with Gasteiger partial charge < -0.3 is 24.5 Å². The predicted octanol–water partition coefficient (Wildman–Crippen LogP) is 2.64. The molecular formula is C19H22N2O5. The van der Waals surface area contributed by atoms with Crippen molar-refractivity contribution >= 4 is 11.8 Å². The van der Waals surface area contributed by atoms with E-state index in [1.165, 1.54) is 6.26 Å². The summed E-state index contributed by atoms with van der Waals surface area (Å²) in [4.78, 5) is 24.9. The molecule has 0 radical (unpaired) electrons. The van der Waals surface area contributed by atoms with Crippen molar-refractivity contribution in [1.29, 1.82) is 0 Å². The molecule has 2 N–H and O–H groups in total. The fourth-order valence-electron chi connectivity index (χ4n) is 2.72. The number of ether oxygens (including phenoxy) is 2. The molecule has 1 aromatic heterocycles. The van der Waals surface area contributed by atoms with E-state index in [0.717, 1.165) is 5.56 Å². The van der Waals surface area contributed by atoms with Gasteiger partial charge in [0.1, 0.15) is 6.04 Å². The number of carbonyl (C=O) groups is 2. The smallest absolute Gasteiger partial charge is 0.287 e. The van der Waals surface area contributed by atoms with Crippen LogP contribution in [0.3, 0.4) is 0 Å². The van der Waals surface area contributed by atoms with Crippen molar-refractivity contribution in [3.63, 3.8) is 0 Å². The molecule has 0 fully saturated rings. The Morgan fingerprint density at radius 1 is 1.04 bits per heavy atom. The first-order valence-electron chi connectivity index (χ1n) is 8.50.